The van der Waals surface area contributed by atoms with Gasteiger partial charge >= 0.3 is 0 Å². The first-order chi connectivity index (χ1) is 9.24. The Hall–Kier alpha value is -2.13. The van der Waals surface area contributed by atoms with Crippen molar-refractivity contribution < 1.29 is 4.79 Å². The lowest BCUT2D eigenvalue weighted by molar-refractivity contribution is -0.117. The Morgan fingerprint density at radius 3 is 2.63 bits per heavy atom. The van der Waals surface area contributed by atoms with Crippen LogP contribution < -0.4 is 11.1 Å². The minimum atomic E-state index is -0.410. The third-order valence-corrected chi connectivity index (χ3v) is 3.53. The molecule has 1 aliphatic rings. The van der Waals surface area contributed by atoms with Crippen LogP contribution in [-0.4, -0.2) is 11.9 Å². The van der Waals surface area contributed by atoms with Crippen molar-refractivity contribution in [2.45, 2.75) is 18.9 Å². The molecule has 0 aliphatic carbocycles. The molecule has 0 spiro atoms. The van der Waals surface area contributed by atoms with Crippen LogP contribution in [0.2, 0.25) is 0 Å². The predicted octanol–water partition coefficient (Wildman–Crippen LogP) is 2.57. The van der Waals surface area contributed by atoms with Crippen LogP contribution in [0.4, 0.5) is 5.69 Å². The van der Waals surface area contributed by atoms with E-state index in [2.05, 4.69) is 23.5 Å². The number of aryl methyl sites for hydroxylation is 1. The molecular weight excluding hydrogens is 236 g/mol. The van der Waals surface area contributed by atoms with Crippen molar-refractivity contribution in [1.82, 2.24) is 0 Å². The highest BCUT2D eigenvalue weighted by atomic mass is 16.2. The standard InChI is InChI=1S/C16H16N2O/c17-14-8-6-13-10-12(11-4-2-1-3-5-11)7-9-15(13)18-16(14)19/h1-5,7,9-10,14H,6,8,17H2,(H,18,19)/t14-/m0/s1. The fourth-order valence-electron chi connectivity index (χ4n) is 2.40. The third kappa shape index (κ3) is 2.37. The second-order valence-corrected chi connectivity index (χ2v) is 4.87. The van der Waals surface area contributed by atoms with Crippen LogP contribution in [0.25, 0.3) is 11.1 Å². The van der Waals surface area contributed by atoms with Gasteiger partial charge in [0.05, 0.1) is 6.04 Å². The lowest BCUT2D eigenvalue weighted by Gasteiger charge is -2.09. The Balaban J connectivity index is 1.99. The van der Waals surface area contributed by atoms with Crippen LogP contribution in [0.3, 0.4) is 0 Å². The van der Waals surface area contributed by atoms with Crippen LogP contribution in [0.1, 0.15) is 12.0 Å². The molecule has 0 saturated heterocycles. The molecule has 0 unspecified atom stereocenters. The van der Waals surface area contributed by atoms with E-state index in [1.165, 1.54) is 11.1 Å². The van der Waals surface area contributed by atoms with Gasteiger partial charge in [-0.1, -0.05) is 36.4 Å². The molecule has 1 aliphatic heterocycles. The van der Waals surface area contributed by atoms with Gasteiger partial charge in [0, 0.05) is 5.69 Å². The summed E-state index contributed by atoms with van der Waals surface area (Å²) in [6.45, 7) is 0. The topological polar surface area (TPSA) is 55.1 Å². The monoisotopic (exact) mass is 252 g/mol. The van der Waals surface area contributed by atoms with Gasteiger partial charge in [-0.25, -0.2) is 0 Å². The van der Waals surface area contributed by atoms with E-state index in [0.717, 1.165) is 17.7 Å². The fourth-order valence-corrected chi connectivity index (χ4v) is 2.40. The van der Waals surface area contributed by atoms with Crippen molar-refractivity contribution in [2.75, 3.05) is 5.32 Å². The van der Waals surface area contributed by atoms with E-state index >= 15 is 0 Å². The summed E-state index contributed by atoms with van der Waals surface area (Å²) in [6.07, 6.45) is 1.52. The molecule has 3 N–H and O–H groups in total. The molecule has 3 rings (SSSR count). The molecule has 3 nitrogen and oxygen atoms in total. The van der Waals surface area contributed by atoms with Gasteiger partial charge in [-0.2, -0.15) is 0 Å². The van der Waals surface area contributed by atoms with Gasteiger partial charge < -0.3 is 11.1 Å². The van der Waals surface area contributed by atoms with Gasteiger partial charge in [-0.05, 0) is 41.7 Å². The minimum Gasteiger partial charge on any atom is -0.324 e. The van der Waals surface area contributed by atoms with Crippen LogP contribution in [0.15, 0.2) is 48.5 Å². The maximum atomic E-state index is 11.7. The van der Waals surface area contributed by atoms with Crippen LogP contribution in [0.5, 0.6) is 0 Å². The smallest absolute Gasteiger partial charge is 0.241 e. The Kier molecular flexibility index (Phi) is 3.05. The second kappa shape index (κ2) is 4.86. The van der Waals surface area contributed by atoms with Gasteiger partial charge in [-0.15, -0.1) is 0 Å². The third-order valence-electron chi connectivity index (χ3n) is 3.53. The summed E-state index contributed by atoms with van der Waals surface area (Å²) in [6, 6.07) is 16.0. The number of fused-ring (bicyclic) bond motifs is 1. The Labute approximate surface area is 112 Å². The predicted molar refractivity (Wildman–Crippen MR) is 76.8 cm³/mol. The number of carbonyl (C=O) groups is 1. The number of rotatable bonds is 1. The lowest BCUT2D eigenvalue weighted by Crippen LogP contribution is -2.34. The van der Waals surface area contributed by atoms with E-state index in [9.17, 15) is 4.79 Å². The van der Waals surface area contributed by atoms with E-state index < -0.39 is 6.04 Å². The quantitative estimate of drug-likeness (QED) is 0.819. The molecule has 0 saturated carbocycles. The number of nitrogens with two attached hydrogens (primary N) is 1. The van der Waals surface area contributed by atoms with Crippen molar-refractivity contribution in [2.24, 2.45) is 5.73 Å². The van der Waals surface area contributed by atoms with Gasteiger partial charge in [0.15, 0.2) is 0 Å². The molecular formula is C16H16N2O. The molecule has 1 atom stereocenters. The fraction of sp³-hybridized carbons (Fsp3) is 0.188. The summed E-state index contributed by atoms with van der Waals surface area (Å²) in [7, 11) is 0. The first kappa shape index (κ1) is 11.9. The van der Waals surface area contributed by atoms with Crippen molar-refractivity contribution in [1.29, 1.82) is 0 Å². The molecule has 96 valence electrons. The lowest BCUT2D eigenvalue weighted by atomic mass is 9.99. The largest absolute Gasteiger partial charge is 0.324 e. The van der Waals surface area contributed by atoms with E-state index in [0.29, 0.717) is 6.42 Å². The number of benzene rings is 2. The van der Waals surface area contributed by atoms with Gasteiger partial charge in [0.2, 0.25) is 5.91 Å². The van der Waals surface area contributed by atoms with Crippen molar-refractivity contribution in [3.05, 3.63) is 54.1 Å². The summed E-state index contributed by atoms with van der Waals surface area (Å²) in [4.78, 5) is 11.7. The van der Waals surface area contributed by atoms with Crippen LogP contribution in [-0.2, 0) is 11.2 Å². The molecule has 19 heavy (non-hydrogen) atoms. The van der Waals surface area contributed by atoms with E-state index in [1.54, 1.807) is 0 Å². The molecule has 3 heteroatoms. The molecule has 1 amide bonds. The summed E-state index contributed by atoms with van der Waals surface area (Å²) in [5.41, 5.74) is 10.2. The van der Waals surface area contributed by atoms with Gasteiger partial charge in [-0.3, -0.25) is 4.79 Å². The van der Waals surface area contributed by atoms with Crippen molar-refractivity contribution >= 4 is 11.6 Å². The average molecular weight is 252 g/mol. The summed E-state index contributed by atoms with van der Waals surface area (Å²) in [5.74, 6) is -0.0915. The molecule has 2 aromatic rings. The number of nitrogens with one attached hydrogen (secondary N) is 1. The number of hydrogen-bond donors (Lipinski definition) is 2. The molecule has 0 bridgehead atoms. The second-order valence-electron chi connectivity index (χ2n) is 4.87. The Morgan fingerprint density at radius 1 is 1.05 bits per heavy atom. The van der Waals surface area contributed by atoms with Crippen molar-refractivity contribution in [3.63, 3.8) is 0 Å². The summed E-state index contributed by atoms with van der Waals surface area (Å²) < 4.78 is 0. The van der Waals surface area contributed by atoms with Gasteiger partial charge in [0.25, 0.3) is 0 Å². The van der Waals surface area contributed by atoms with Crippen molar-refractivity contribution in [3.8, 4) is 11.1 Å². The zero-order valence-corrected chi connectivity index (χ0v) is 10.6. The summed E-state index contributed by atoms with van der Waals surface area (Å²) in [5, 5.41) is 2.89. The molecule has 0 aromatic heterocycles. The van der Waals surface area contributed by atoms with E-state index in [4.69, 9.17) is 5.73 Å². The highest BCUT2D eigenvalue weighted by molar-refractivity contribution is 5.96. The number of amides is 1. The van der Waals surface area contributed by atoms with Gasteiger partial charge in [0.1, 0.15) is 0 Å². The zero-order chi connectivity index (χ0) is 13.2. The van der Waals surface area contributed by atoms with Crippen LogP contribution in [0, 0.1) is 0 Å². The zero-order valence-electron chi connectivity index (χ0n) is 10.6. The van der Waals surface area contributed by atoms with E-state index in [-0.39, 0.29) is 5.91 Å². The highest BCUT2D eigenvalue weighted by Gasteiger charge is 2.20. The maximum Gasteiger partial charge on any atom is 0.241 e. The average Bonchev–Trinajstić information content (AvgIpc) is 2.59. The highest BCUT2D eigenvalue weighted by Crippen LogP contribution is 2.28. The molecule has 0 fully saturated rings. The number of carbonyl (C=O) groups excluding carboxylic acids is 1. The number of anilines is 1. The first-order valence-corrected chi connectivity index (χ1v) is 6.49. The molecule has 0 radical (unpaired) electrons. The summed E-state index contributed by atoms with van der Waals surface area (Å²) >= 11 is 0. The normalized spacial score (nSPS) is 18.4. The minimum absolute atomic E-state index is 0.0915. The first-order valence-electron chi connectivity index (χ1n) is 6.49. The number of hydrogen-bond acceptors (Lipinski definition) is 2. The Morgan fingerprint density at radius 2 is 1.84 bits per heavy atom. The Bertz CT molecular complexity index is 607. The van der Waals surface area contributed by atoms with E-state index in [1.807, 2.05) is 30.3 Å². The molecule has 2 aromatic carbocycles. The molecule has 1 heterocycles. The van der Waals surface area contributed by atoms with Crippen LogP contribution >= 0.6 is 0 Å². The maximum absolute atomic E-state index is 11.7. The SMILES string of the molecule is N[C@H]1CCc2cc(-c3ccccc3)ccc2NC1=O.